The molecule has 0 spiro atoms. The Bertz CT molecular complexity index is 906. The van der Waals surface area contributed by atoms with Crippen LogP contribution in [0.4, 0.5) is 0 Å². The highest BCUT2D eigenvalue weighted by atomic mass is 32.1. The van der Waals surface area contributed by atoms with Crippen LogP contribution in [0.2, 0.25) is 0 Å². The van der Waals surface area contributed by atoms with Crippen molar-refractivity contribution in [2.45, 2.75) is 39.3 Å². The molecule has 4 heterocycles. The number of rotatable bonds is 5. The lowest BCUT2D eigenvalue weighted by Gasteiger charge is -2.26. The number of carbonyl (C=O) groups excluding carboxylic acids is 1. The molecule has 7 nitrogen and oxygen atoms in total. The zero-order chi connectivity index (χ0) is 18.1. The maximum atomic E-state index is 13.0. The van der Waals surface area contributed by atoms with Gasteiger partial charge in [0.1, 0.15) is 0 Å². The molecule has 0 aliphatic carbocycles. The van der Waals surface area contributed by atoms with Crippen LogP contribution in [-0.4, -0.2) is 50.4 Å². The fourth-order valence-electron chi connectivity index (χ4n) is 3.47. The SMILES string of the molecule is Cc1cc(CN(C)Cc2c(C(=O)N3CCCCC3)nc3sccn23)on1. The number of thiazole rings is 1. The number of aromatic nitrogens is 3. The van der Waals surface area contributed by atoms with Crippen LogP contribution in [0.25, 0.3) is 4.96 Å². The third kappa shape index (κ3) is 3.39. The number of imidazole rings is 1. The Hall–Kier alpha value is -2.19. The number of piperidine rings is 1. The Morgan fingerprint density at radius 3 is 2.85 bits per heavy atom. The van der Waals surface area contributed by atoms with Gasteiger partial charge in [0.15, 0.2) is 16.4 Å². The minimum Gasteiger partial charge on any atom is -0.360 e. The van der Waals surface area contributed by atoms with E-state index in [-0.39, 0.29) is 5.91 Å². The van der Waals surface area contributed by atoms with Crippen LogP contribution in [0.1, 0.15) is 46.9 Å². The number of amides is 1. The van der Waals surface area contributed by atoms with E-state index in [1.165, 1.54) is 6.42 Å². The van der Waals surface area contributed by atoms with Crippen LogP contribution in [0.15, 0.2) is 22.2 Å². The van der Waals surface area contributed by atoms with Gasteiger partial charge in [-0.2, -0.15) is 0 Å². The molecule has 3 aromatic heterocycles. The molecule has 1 amide bonds. The zero-order valence-corrected chi connectivity index (χ0v) is 16.0. The van der Waals surface area contributed by atoms with E-state index in [1.807, 2.05) is 40.9 Å². The molecular formula is C18H23N5O2S. The van der Waals surface area contributed by atoms with E-state index < -0.39 is 0 Å². The average Bonchev–Trinajstić information content (AvgIpc) is 3.33. The number of fused-ring (bicyclic) bond motifs is 1. The first-order valence-corrected chi connectivity index (χ1v) is 9.84. The summed E-state index contributed by atoms with van der Waals surface area (Å²) in [6.45, 7) is 4.82. The van der Waals surface area contributed by atoms with Crippen molar-refractivity contribution >= 4 is 22.2 Å². The summed E-state index contributed by atoms with van der Waals surface area (Å²) >= 11 is 1.55. The van der Waals surface area contributed by atoms with Gasteiger partial charge in [0.2, 0.25) is 0 Å². The summed E-state index contributed by atoms with van der Waals surface area (Å²) in [6.07, 6.45) is 5.35. The molecule has 1 aliphatic heterocycles. The van der Waals surface area contributed by atoms with Crippen LogP contribution in [0.3, 0.4) is 0 Å². The topological polar surface area (TPSA) is 66.9 Å². The summed E-state index contributed by atoms with van der Waals surface area (Å²) in [6, 6.07) is 1.94. The minimum atomic E-state index is 0.0551. The van der Waals surface area contributed by atoms with Gasteiger partial charge in [0.25, 0.3) is 5.91 Å². The predicted octanol–water partition coefficient (Wildman–Crippen LogP) is 2.95. The van der Waals surface area contributed by atoms with Crippen LogP contribution in [-0.2, 0) is 13.1 Å². The first-order valence-electron chi connectivity index (χ1n) is 8.96. The van der Waals surface area contributed by atoms with Gasteiger partial charge in [-0.1, -0.05) is 5.16 Å². The first-order chi connectivity index (χ1) is 12.6. The Kier molecular flexibility index (Phi) is 4.78. The maximum Gasteiger partial charge on any atom is 0.274 e. The molecule has 138 valence electrons. The molecule has 4 rings (SSSR count). The molecule has 0 bridgehead atoms. The lowest BCUT2D eigenvalue weighted by Crippen LogP contribution is -2.36. The predicted molar refractivity (Wildman–Crippen MR) is 99.2 cm³/mol. The summed E-state index contributed by atoms with van der Waals surface area (Å²) in [4.78, 5) is 22.6. The highest BCUT2D eigenvalue weighted by Crippen LogP contribution is 2.22. The third-order valence-electron chi connectivity index (χ3n) is 4.73. The number of aryl methyl sites for hydroxylation is 1. The van der Waals surface area contributed by atoms with E-state index in [4.69, 9.17) is 4.52 Å². The molecule has 3 aromatic rings. The molecule has 1 saturated heterocycles. The second-order valence-corrected chi connectivity index (χ2v) is 7.80. The van der Waals surface area contributed by atoms with Crippen molar-refractivity contribution in [2.75, 3.05) is 20.1 Å². The van der Waals surface area contributed by atoms with E-state index in [2.05, 4.69) is 15.0 Å². The monoisotopic (exact) mass is 373 g/mol. The van der Waals surface area contributed by atoms with Crippen molar-refractivity contribution in [2.24, 2.45) is 0 Å². The Balaban J connectivity index is 1.58. The smallest absolute Gasteiger partial charge is 0.274 e. The largest absolute Gasteiger partial charge is 0.360 e. The van der Waals surface area contributed by atoms with Crippen LogP contribution in [0.5, 0.6) is 0 Å². The average molecular weight is 373 g/mol. The number of carbonyl (C=O) groups is 1. The molecule has 0 radical (unpaired) electrons. The van der Waals surface area contributed by atoms with Gasteiger partial charge in [-0.3, -0.25) is 14.1 Å². The molecular weight excluding hydrogens is 350 g/mol. The van der Waals surface area contributed by atoms with E-state index in [0.717, 1.165) is 48.0 Å². The Labute approximate surface area is 156 Å². The molecule has 26 heavy (non-hydrogen) atoms. The van der Waals surface area contributed by atoms with Gasteiger partial charge < -0.3 is 9.42 Å². The maximum absolute atomic E-state index is 13.0. The summed E-state index contributed by atoms with van der Waals surface area (Å²) < 4.78 is 7.34. The van der Waals surface area contributed by atoms with Gasteiger partial charge in [-0.25, -0.2) is 4.98 Å². The van der Waals surface area contributed by atoms with Crippen molar-refractivity contribution in [3.05, 3.63) is 40.5 Å². The van der Waals surface area contributed by atoms with E-state index in [9.17, 15) is 4.79 Å². The summed E-state index contributed by atoms with van der Waals surface area (Å²) in [7, 11) is 2.01. The quantitative estimate of drug-likeness (QED) is 0.688. The van der Waals surface area contributed by atoms with Gasteiger partial charge in [0, 0.05) is 37.3 Å². The van der Waals surface area contributed by atoms with E-state index >= 15 is 0 Å². The fraction of sp³-hybridized carbons (Fsp3) is 0.500. The van der Waals surface area contributed by atoms with Crippen molar-refractivity contribution in [1.82, 2.24) is 24.3 Å². The van der Waals surface area contributed by atoms with Crippen molar-refractivity contribution in [1.29, 1.82) is 0 Å². The second-order valence-electron chi connectivity index (χ2n) is 6.92. The fourth-order valence-corrected chi connectivity index (χ4v) is 4.20. The van der Waals surface area contributed by atoms with Crippen molar-refractivity contribution in [3.8, 4) is 0 Å². The molecule has 0 aromatic carbocycles. The van der Waals surface area contributed by atoms with Gasteiger partial charge in [0.05, 0.1) is 17.9 Å². The lowest BCUT2D eigenvalue weighted by molar-refractivity contribution is 0.0716. The number of nitrogens with zero attached hydrogens (tertiary/aromatic N) is 5. The van der Waals surface area contributed by atoms with Crippen LogP contribution >= 0.6 is 11.3 Å². The van der Waals surface area contributed by atoms with Crippen LogP contribution in [0, 0.1) is 6.92 Å². The van der Waals surface area contributed by atoms with E-state index in [1.54, 1.807) is 11.3 Å². The Morgan fingerprint density at radius 1 is 1.31 bits per heavy atom. The molecule has 1 fully saturated rings. The molecule has 0 unspecified atom stereocenters. The highest BCUT2D eigenvalue weighted by Gasteiger charge is 2.26. The number of hydrogen-bond acceptors (Lipinski definition) is 6. The molecule has 8 heteroatoms. The van der Waals surface area contributed by atoms with Crippen molar-refractivity contribution in [3.63, 3.8) is 0 Å². The van der Waals surface area contributed by atoms with E-state index in [0.29, 0.717) is 18.8 Å². The normalized spacial score (nSPS) is 15.3. The Morgan fingerprint density at radius 2 is 2.12 bits per heavy atom. The molecule has 0 N–H and O–H groups in total. The van der Waals surface area contributed by atoms with Gasteiger partial charge in [-0.05, 0) is 33.2 Å². The summed E-state index contributed by atoms with van der Waals surface area (Å²) in [5.74, 6) is 0.875. The highest BCUT2D eigenvalue weighted by molar-refractivity contribution is 7.15. The zero-order valence-electron chi connectivity index (χ0n) is 15.1. The van der Waals surface area contributed by atoms with Gasteiger partial charge >= 0.3 is 0 Å². The molecule has 0 saturated carbocycles. The summed E-state index contributed by atoms with van der Waals surface area (Å²) in [5.41, 5.74) is 2.40. The van der Waals surface area contributed by atoms with Gasteiger partial charge in [-0.15, -0.1) is 11.3 Å². The lowest BCUT2D eigenvalue weighted by atomic mass is 10.1. The first kappa shape index (κ1) is 17.2. The second kappa shape index (κ2) is 7.20. The third-order valence-corrected chi connectivity index (χ3v) is 5.49. The number of likely N-dealkylation sites (tertiary alicyclic amines) is 1. The molecule has 0 atom stereocenters. The summed E-state index contributed by atoms with van der Waals surface area (Å²) in [5, 5.41) is 5.94. The minimum absolute atomic E-state index is 0.0551. The standard InChI is InChI=1S/C18H23N5O2S/c1-13-10-14(25-20-13)11-21(2)12-15-16(19-18-23(15)8-9-26-18)17(24)22-6-4-3-5-7-22/h8-10H,3-7,11-12H2,1-2H3. The van der Waals surface area contributed by atoms with Crippen LogP contribution < -0.4 is 0 Å². The number of hydrogen-bond donors (Lipinski definition) is 0. The van der Waals surface area contributed by atoms with Crippen molar-refractivity contribution < 1.29 is 9.32 Å². The molecule has 1 aliphatic rings.